The molecule has 0 N–H and O–H groups in total. The van der Waals surface area contributed by atoms with Gasteiger partial charge in [0.05, 0.1) is 7.11 Å². The first-order valence-electron chi connectivity index (χ1n) is 14.7. The molecule has 0 amide bonds. The third-order valence-electron chi connectivity index (χ3n) is 8.43. The molecule has 0 atom stereocenters. The predicted octanol–water partition coefficient (Wildman–Crippen LogP) is 11.2. The quantitative estimate of drug-likeness (QED) is 0.147. The number of aryl methyl sites for hydroxylation is 1. The summed E-state index contributed by atoms with van der Waals surface area (Å²) in [5.41, 5.74) is 8.40. The van der Waals surface area contributed by atoms with Crippen LogP contribution in [0.15, 0.2) is 140 Å². The highest BCUT2D eigenvalue weighted by Gasteiger charge is 2.11. The van der Waals surface area contributed by atoms with Crippen molar-refractivity contribution in [2.75, 3.05) is 7.11 Å². The summed E-state index contributed by atoms with van der Waals surface area (Å²) in [5.74, 6) is 0.850. The number of rotatable bonds is 6. The van der Waals surface area contributed by atoms with Crippen LogP contribution in [0.3, 0.4) is 0 Å². The standard InChI is InChI=1S/C42H32O/c1-29-37-15-7-9-17-39(37)41(40-18-10-8-16-38(29)40)26-23-31-12-4-6-14-34(31)28-42(32-21-24-36(43-2)25-22-32)35-20-19-30-11-3-5-13-33(30)27-35/h3-28H,1-2H3/b26-23?,42-28+. The summed E-state index contributed by atoms with van der Waals surface area (Å²) in [6, 6.07) is 49.7. The zero-order chi connectivity index (χ0) is 29.2. The first-order chi connectivity index (χ1) is 21.2. The number of benzene rings is 7. The van der Waals surface area contributed by atoms with Crippen LogP contribution in [-0.2, 0) is 0 Å². The molecule has 206 valence electrons. The molecule has 0 aliphatic carbocycles. The summed E-state index contributed by atoms with van der Waals surface area (Å²) in [4.78, 5) is 0. The fraction of sp³-hybridized carbons (Fsp3) is 0.0476. The molecule has 7 aromatic rings. The molecule has 7 rings (SSSR count). The highest BCUT2D eigenvalue weighted by atomic mass is 16.5. The number of hydrogen-bond acceptors (Lipinski definition) is 1. The molecule has 1 nitrogen and oxygen atoms in total. The Balaban J connectivity index is 1.39. The Morgan fingerprint density at radius 3 is 1.74 bits per heavy atom. The molecule has 0 radical (unpaired) electrons. The van der Waals surface area contributed by atoms with Crippen molar-refractivity contribution in [2.24, 2.45) is 0 Å². The van der Waals surface area contributed by atoms with Gasteiger partial charge in [0, 0.05) is 0 Å². The zero-order valence-corrected chi connectivity index (χ0v) is 24.4. The maximum atomic E-state index is 5.46. The Morgan fingerprint density at radius 2 is 1.07 bits per heavy atom. The largest absolute Gasteiger partial charge is 0.497 e. The SMILES string of the molecule is COc1ccc(/C(=C\c2ccccc2C=Cc2c3ccccc3c(C)c3ccccc23)c2ccc3ccccc3c2)cc1. The number of hydrogen-bond donors (Lipinski definition) is 0. The Labute approximate surface area is 253 Å². The average molecular weight is 553 g/mol. The van der Waals surface area contributed by atoms with Gasteiger partial charge in [0.2, 0.25) is 0 Å². The molecule has 0 heterocycles. The number of fused-ring (bicyclic) bond motifs is 3. The smallest absolute Gasteiger partial charge is 0.118 e. The highest BCUT2D eigenvalue weighted by Crippen LogP contribution is 2.35. The second kappa shape index (κ2) is 11.5. The summed E-state index contributed by atoms with van der Waals surface area (Å²) >= 11 is 0. The second-order valence-electron chi connectivity index (χ2n) is 10.9. The van der Waals surface area contributed by atoms with Gasteiger partial charge in [0.15, 0.2) is 0 Å². The molecule has 0 fully saturated rings. The van der Waals surface area contributed by atoms with Crippen LogP contribution in [0.25, 0.3) is 56.1 Å². The predicted molar refractivity (Wildman–Crippen MR) is 185 cm³/mol. The van der Waals surface area contributed by atoms with E-state index in [2.05, 4.69) is 153 Å². The molecule has 0 aromatic heterocycles. The molecule has 0 aliphatic heterocycles. The van der Waals surface area contributed by atoms with E-state index in [1.807, 2.05) is 12.1 Å². The van der Waals surface area contributed by atoms with Crippen molar-refractivity contribution >= 4 is 56.1 Å². The van der Waals surface area contributed by atoms with Crippen molar-refractivity contribution in [1.29, 1.82) is 0 Å². The molecule has 0 aliphatic rings. The van der Waals surface area contributed by atoms with E-state index in [-0.39, 0.29) is 0 Å². The minimum absolute atomic E-state index is 0.850. The maximum absolute atomic E-state index is 5.46. The molecular formula is C42H32O. The Kier molecular flexibility index (Phi) is 7.07. The van der Waals surface area contributed by atoms with Gasteiger partial charge in [-0.3, -0.25) is 0 Å². The lowest BCUT2D eigenvalue weighted by Gasteiger charge is -2.13. The average Bonchev–Trinajstić information content (AvgIpc) is 3.07. The van der Waals surface area contributed by atoms with E-state index in [1.54, 1.807) is 7.11 Å². The lowest BCUT2D eigenvalue weighted by Crippen LogP contribution is -1.91. The van der Waals surface area contributed by atoms with Crippen LogP contribution in [0, 0.1) is 6.92 Å². The molecule has 0 unspecified atom stereocenters. The zero-order valence-electron chi connectivity index (χ0n) is 24.4. The van der Waals surface area contributed by atoms with Gasteiger partial charge in [-0.25, -0.2) is 0 Å². The summed E-state index contributed by atoms with van der Waals surface area (Å²) in [6.07, 6.45) is 6.87. The number of ether oxygens (including phenoxy) is 1. The van der Waals surface area contributed by atoms with Gasteiger partial charge in [0.1, 0.15) is 5.75 Å². The van der Waals surface area contributed by atoms with E-state index < -0.39 is 0 Å². The Hall–Kier alpha value is -5.40. The van der Waals surface area contributed by atoms with Crippen LogP contribution in [-0.4, -0.2) is 7.11 Å². The summed E-state index contributed by atoms with van der Waals surface area (Å²) in [7, 11) is 1.71. The highest BCUT2D eigenvalue weighted by molar-refractivity contribution is 6.10. The summed E-state index contributed by atoms with van der Waals surface area (Å²) in [5, 5.41) is 7.61. The van der Waals surface area contributed by atoms with Crippen molar-refractivity contribution in [3.8, 4) is 5.75 Å². The van der Waals surface area contributed by atoms with E-state index in [1.165, 1.54) is 65.7 Å². The molecule has 0 spiro atoms. The summed E-state index contributed by atoms with van der Waals surface area (Å²) in [6.45, 7) is 2.23. The third-order valence-corrected chi connectivity index (χ3v) is 8.43. The van der Waals surface area contributed by atoms with E-state index in [0.29, 0.717) is 0 Å². The van der Waals surface area contributed by atoms with Gasteiger partial charge >= 0.3 is 0 Å². The fourth-order valence-corrected chi connectivity index (χ4v) is 6.14. The monoisotopic (exact) mass is 552 g/mol. The van der Waals surface area contributed by atoms with Crippen molar-refractivity contribution in [3.05, 3.63) is 173 Å². The first kappa shape index (κ1) is 26.5. The van der Waals surface area contributed by atoms with E-state index in [4.69, 9.17) is 4.74 Å². The van der Waals surface area contributed by atoms with Gasteiger partial charge in [-0.15, -0.1) is 0 Å². The van der Waals surface area contributed by atoms with Gasteiger partial charge in [0.25, 0.3) is 0 Å². The lowest BCUT2D eigenvalue weighted by molar-refractivity contribution is 0.415. The minimum atomic E-state index is 0.850. The molecule has 7 aromatic carbocycles. The molecule has 0 saturated heterocycles. The van der Waals surface area contributed by atoms with Crippen molar-refractivity contribution in [1.82, 2.24) is 0 Å². The number of methoxy groups -OCH3 is 1. The molecule has 1 heteroatoms. The van der Waals surface area contributed by atoms with E-state index in [9.17, 15) is 0 Å². The van der Waals surface area contributed by atoms with Gasteiger partial charge in [-0.2, -0.15) is 0 Å². The third kappa shape index (κ3) is 5.11. The van der Waals surface area contributed by atoms with Crippen LogP contribution in [0.2, 0.25) is 0 Å². The maximum Gasteiger partial charge on any atom is 0.118 e. The van der Waals surface area contributed by atoms with E-state index >= 15 is 0 Å². The molecule has 0 saturated carbocycles. The Morgan fingerprint density at radius 1 is 0.512 bits per heavy atom. The van der Waals surface area contributed by atoms with Crippen molar-refractivity contribution in [3.63, 3.8) is 0 Å². The molecular weight excluding hydrogens is 520 g/mol. The van der Waals surface area contributed by atoms with Crippen LogP contribution in [0.5, 0.6) is 5.75 Å². The van der Waals surface area contributed by atoms with Crippen LogP contribution >= 0.6 is 0 Å². The normalized spacial score (nSPS) is 12.0. The topological polar surface area (TPSA) is 9.23 Å². The molecule has 43 heavy (non-hydrogen) atoms. The summed E-state index contributed by atoms with van der Waals surface area (Å²) < 4.78 is 5.46. The first-order valence-corrected chi connectivity index (χ1v) is 14.7. The minimum Gasteiger partial charge on any atom is -0.497 e. The van der Waals surface area contributed by atoms with Gasteiger partial charge in [-0.05, 0) is 102 Å². The Bertz CT molecular complexity index is 2110. The van der Waals surface area contributed by atoms with Crippen molar-refractivity contribution < 1.29 is 4.74 Å². The van der Waals surface area contributed by atoms with Crippen LogP contribution in [0.1, 0.15) is 33.4 Å². The van der Waals surface area contributed by atoms with Crippen LogP contribution in [0.4, 0.5) is 0 Å². The van der Waals surface area contributed by atoms with E-state index in [0.717, 1.165) is 11.3 Å². The fourth-order valence-electron chi connectivity index (χ4n) is 6.14. The lowest BCUT2D eigenvalue weighted by atomic mass is 9.91. The second-order valence-corrected chi connectivity index (χ2v) is 10.9. The van der Waals surface area contributed by atoms with Crippen LogP contribution < -0.4 is 4.74 Å². The molecule has 0 bridgehead atoms. The van der Waals surface area contributed by atoms with Crippen molar-refractivity contribution in [2.45, 2.75) is 6.92 Å². The van der Waals surface area contributed by atoms with Gasteiger partial charge in [-0.1, -0.05) is 133 Å². The van der Waals surface area contributed by atoms with Gasteiger partial charge < -0.3 is 4.74 Å².